The zero-order chi connectivity index (χ0) is 24.5. The lowest BCUT2D eigenvalue weighted by molar-refractivity contribution is -0.122. The van der Waals surface area contributed by atoms with Gasteiger partial charge in [-0.25, -0.2) is 14.0 Å². The molecule has 0 radical (unpaired) electrons. The molecule has 3 aromatic rings. The molecular formula is C27H23FN2O5. The molecule has 3 aromatic carbocycles. The van der Waals surface area contributed by atoms with Crippen LogP contribution in [0.15, 0.2) is 66.7 Å². The molecule has 178 valence electrons. The molecule has 5 rings (SSSR count). The maximum Gasteiger partial charge on any atom is 0.407 e. The predicted octanol–water partition coefficient (Wildman–Crippen LogP) is 4.78. The third-order valence-corrected chi connectivity index (χ3v) is 6.59. The van der Waals surface area contributed by atoms with Gasteiger partial charge in [-0.3, -0.25) is 4.79 Å². The van der Waals surface area contributed by atoms with E-state index in [-0.39, 0.29) is 41.6 Å². The second kappa shape index (κ2) is 9.21. The third kappa shape index (κ3) is 4.59. The van der Waals surface area contributed by atoms with Crippen molar-refractivity contribution >= 4 is 23.7 Å². The van der Waals surface area contributed by atoms with E-state index >= 15 is 0 Å². The van der Waals surface area contributed by atoms with Crippen molar-refractivity contribution in [1.82, 2.24) is 5.32 Å². The van der Waals surface area contributed by atoms with Gasteiger partial charge in [0.15, 0.2) is 0 Å². The number of carboxylic acids is 1. The monoisotopic (exact) mass is 474 g/mol. The molecule has 0 aliphatic heterocycles. The first-order chi connectivity index (χ1) is 16.9. The molecule has 35 heavy (non-hydrogen) atoms. The highest BCUT2D eigenvalue weighted by atomic mass is 19.1. The molecule has 3 N–H and O–H groups in total. The highest BCUT2D eigenvalue weighted by Crippen LogP contribution is 2.44. The molecule has 0 atom stereocenters. The summed E-state index contributed by atoms with van der Waals surface area (Å²) >= 11 is 0. The number of rotatable bonds is 6. The van der Waals surface area contributed by atoms with E-state index in [4.69, 9.17) is 9.84 Å². The molecular weight excluding hydrogens is 451 g/mol. The van der Waals surface area contributed by atoms with Gasteiger partial charge in [0.25, 0.3) is 0 Å². The largest absolute Gasteiger partial charge is 0.478 e. The van der Waals surface area contributed by atoms with Crippen LogP contribution in [-0.2, 0) is 9.53 Å². The number of carbonyl (C=O) groups is 3. The van der Waals surface area contributed by atoms with Crippen LogP contribution in [-0.4, -0.2) is 35.7 Å². The van der Waals surface area contributed by atoms with Crippen molar-refractivity contribution < 1.29 is 28.6 Å². The van der Waals surface area contributed by atoms with Gasteiger partial charge in [-0.15, -0.1) is 0 Å². The third-order valence-electron chi connectivity index (χ3n) is 6.59. The zero-order valence-corrected chi connectivity index (χ0v) is 18.7. The lowest BCUT2D eigenvalue weighted by atomic mass is 9.79. The number of aromatic carboxylic acids is 1. The van der Waals surface area contributed by atoms with Crippen molar-refractivity contribution in [2.45, 2.75) is 24.8 Å². The fourth-order valence-corrected chi connectivity index (χ4v) is 4.79. The minimum Gasteiger partial charge on any atom is -0.478 e. The number of anilines is 1. The summed E-state index contributed by atoms with van der Waals surface area (Å²) in [5.74, 6) is -2.78. The Morgan fingerprint density at radius 1 is 0.943 bits per heavy atom. The number of alkyl carbamates (subject to hydrolysis) is 1. The second-order valence-electron chi connectivity index (χ2n) is 8.86. The average molecular weight is 474 g/mol. The maximum atomic E-state index is 13.6. The lowest BCUT2D eigenvalue weighted by Crippen LogP contribution is -2.48. The van der Waals surface area contributed by atoms with Gasteiger partial charge >= 0.3 is 12.1 Å². The molecule has 2 amide bonds. The van der Waals surface area contributed by atoms with Crippen LogP contribution in [0.1, 0.15) is 40.2 Å². The Bertz CT molecular complexity index is 1270. The minimum atomic E-state index is -1.28. The molecule has 0 spiro atoms. The summed E-state index contributed by atoms with van der Waals surface area (Å²) in [5, 5.41) is 14.4. The fraction of sp³-hybridized carbons (Fsp3) is 0.222. The smallest absolute Gasteiger partial charge is 0.407 e. The summed E-state index contributed by atoms with van der Waals surface area (Å²) in [6.07, 6.45) is 0.292. The van der Waals surface area contributed by atoms with E-state index < -0.39 is 17.9 Å². The number of carboxylic acid groups (broad SMARTS) is 1. The van der Waals surface area contributed by atoms with Crippen LogP contribution < -0.4 is 10.6 Å². The predicted molar refractivity (Wildman–Crippen MR) is 127 cm³/mol. The van der Waals surface area contributed by atoms with Crippen molar-refractivity contribution in [3.8, 4) is 11.1 Å². The summed E-state index contributed by atoms with van der Waals surface area (Å²) in [6.45, 7) is 0.210. The van der Waals surface area contributed by atoms with Gasteiger partial charge in [-0.2, -0.15) is 0 Å². The Morgan fingerprint density at radius 3 is 2.20 bits per heavy atom. The van der Waals surface area contributed by atoms with Crippen molar-refractivity contribution in [3.05, 3.63) is 89.2 Å². The summed E-state index contributed by atoms with van der Waals surface area (Å²) in [5.41, 5.74) is 4.40. The quantitative estimate of drug-likeness (QED) is 0.477. The molecule has 0 heterocycles. The molecule has 1 saturated carbocycles. The van der Waals surface area contributed by atoms with E-state index in [0.717, 1.165) is 34.4 Å². The number of carbonyl (C=O) groups excluding carboxylic acids is 2. The van der Waals surface area contributed by atoms with Crippen molar-refractivity contribution in [2.24, 2.45) is 5.92 Å². The molecule has 7 nitrogen and oxygen atoms in total. The van der Waals surface area contributed by atoms with Crippen LogP contribution in [0.2, 0.25) is 0 Å². The number of ether oxygens (including phenoxy) is 1. The van der Waals surface area contributed by atoms with Gasteiger partial charge in [-0.05, 0) is 53.3 Å². The Kier molecular flexibility index (Phi) is 5.94. The first-order valence-electron chi connectivity index (χ1n) is 11.4. The average Bonchev–Trinajstić information content (AvgIpc) is 3.13. The number of fused-ring (bicyclic) bond motifs is 3. The first-order valence-corrected chi connectivity index (χ1v) is 11.4. The summed E-state index contributed by atoms with van der Waals surface area (Å²) in [7, 11) is 0. The maximum absolute atomic E-state index is 13.6. The first kappa shape index (κ1) is 22.6. The van der Waals surface area contributed by atoms with Gasteiger partial charge < -0.3 is 20.5 Å². The molecule has 1 fully saturated rings. The highest BCUT2D eigenvalue weighted by molar-refractivity contribution is 5.95. The van der Waals surface area contributed by atoms with E-state index in [0.29, 0.717) is 12.8 Å². The van der Waals surface area contributed by atoms with Gasteiger partial charge in [0.2, 0.25) is 5.91 Å². The van der Waals surface area contributed by atoms with Crippen molar-refractivity contribution in [1.29, 1.82) is 0 Å². The van der Waals surface area contributed by atoms with Crippen LogP contribution in [0, 0.1) is 11.7 Å². The van der Waals surface area contributed by atoms with Crippen molar-refractivity contribution in [3.63, 3.8) is 0 Å². The van der Waals surface area contributed by atoms with Crippen LogP contribution in [0.3, 0.4) is 0 Å². The second-order valence-corrected chi connectivity index (χ2v) is 8.86. The Hall–Kier alpha value is -4.20. The van der Waals surface area contributed by atoms with Gasteiger partial charge in [0.05, 0.1) is 5.56 Å². The molecule has 8 heteroatoms. The number of hydrogen-bond donors (Lipinski definition) is 3. The molecule has 0 saturated heterocycles. The Balaban J connectivity index is 1.12. The van der Waals surface area contributed by atoms with E-state index in [1.807, 2.05) is 24.3 Å². The zero-order valence-electron chi connectivity index (χ0n) is 18.7. The number of halogens is 1. The number of nitrogens with one attached hydrogen (secondary N) is 2. The van der Waals surface area contributed by atoms with Gasteiger partial charge in [0.1, 0.15) is 12.4 Å². The summed E-state index contributed by atoms with van der Waals surface area (Å²) in [4.78, 5) is 35.9. The SMILES string of the molecule is O=C(NC1CC(C(=O)Nc2cc(F)cc(C(=O)O)c2)C1)OCC1c2ccccc2-c2ccccc21. The number of amides is 2. The number of benzene rings is 3. The highest BCUT2D eigenvalue weighted by Gasteiger charge is 2.36. The lowest BCUT2D eigenvalue weighted by Gasteiger charge is -2.34. The molecule has 2 aliphatic carbocycles. The van der Waals surface area contributed by atoms with Gasteiger partial charge in [-0.1, -0.05) is 48.5 Å². The van der Waals surface area contributed by atoms with E-state index in [2.05, 4.69) is 34.9 Å². The minimum absolute atomic E-state index is 0.0324. The number of hydrogen-bond acceptors (Lipinski definition) is 4. The van der Waals surface area contributed by atoms with Crippen LogP contribution in [0.25, 0.3) is 11.1 Å². The van der Waals surface area contributed by atoms with Gasteiger partial charge in [0, 0.05) is 23.6 Å². The molecule has 0 unspecified atom stereocenters. The van der Waals surface area contributed by atoms with E-state index in [9.17, 15) is 18.8 Å². The summed E-state index contributed by atoms with van der Waals surface area (Å²) in [6, 6.07) is 19.1. The standard InChI is InChI=1S/C27H23FN2O5/c28-17-9-16(26(32)33)12-19(13-17)29-25(31)15-10-18(11-15)30-27(34)35-14-24-22-7-3-1-5-20(22)21-6-2-4-8-23(21)24/h1-9,12-13,15,18,24H,10-11,14H2,(H,29,31)(H,30,34)(H,32,33). The Labute approximate surface area is 200 Å². The molecule has 0 aromatic heterocycles. The Morgan fingerprint density at radius 2 is 1.57 bits per heavy atom. The van der Waals surface area contributed by atoms with E-state index in [1.165, 1.54) is 6.07 Å². The fourth-order valence-electron chi connectivity index (χ4n) is 4.79. The topological polar surface area (TPSA) is 105 Å². The normalized spacial score (nSPS) is 18.1. The van der Waals surface area contributed by atoms with Crippen molar-refractivity contribution in [2.75, 3.05) is 11.9 Å². The molecule has 2 aliphatic rings. The summed E-state index contributed by atoms with van der Waals surface area (Å²) < 4.78 is 19.2. The van der Waals surface area contributed by atoms with E-state index in [1.54, 1.807) is 0 Å². The molecule has 0 bridgehead atoms. The van der Waals surface area contributed by atoms with Crippen LogP contribution in [0.5, 0.6) is 0 Å². The van der Waals surface area contributed by atoms with Crippen LogP contribution in [0.4, 0.5) is 14.9 Å². The van der Waals surface area contributed by atoms with Crippen LogP contribution >= 0.6 is 0 Å².